The lowest BCUT2D eigenvalue weighted by Crippen LogP contribution is -2.60. The summed E-state index contributed by atoms with van der Waals surface area (Å²) in [4.78, 5) is 30.7. The average molecular weight is 627 g/mol. The van der Waals surface area contributed by atoms with Crippen LogP contribution >= 0.6 is 11.3 Å². The summed E-state index contributed by atoms with van der Waals surface area (Å²) >= 11 is 0.923. The second-order valence-corrected chi connectivity index (χ2v) is 12.8. The Balaban J connectivity index is 1.60. The Morgan fingerprint density at radius 2 is 1.76 bits per heavy atom. The third kappa shape index (κ3) is 7.20. The van der Waals surface area contributed by atoms with Crippen molar-refractivity contribution in [2.24, 2.45) is 0 Å². The van der Waals surface area contributed by atoms with Gasteiger partial charge in [0.2, 0.25) is 15.9 Å². The highest BCUT2D eigenvalue weighted by Gasteiger charge is 2.41. The number of aryl methyl sites for hydroxylation is 1. The third-order valence-electron chi connectivity index (χ3n) is 6.66. The molecule has 2 aromatic carbocycles. The summed E-state index contributed by atoms with van der Waals surface area (Å²) in [5, 5.41) is 12.5. The van der Waals surface area contributed by atoms with Crippen molar-refractivity contribution in [2.45, 2.75) is 50.5 Å². The van der Waals surface area contributed by atoms with Gasteiger partial charge < -0.3 is 20.1 Å². The van der Waals surface area contributed by atoms with Crippen LogP contribution < -0.4 is 15.0 Å². The minimum atomic E-state index is -4.94. The number of aromatic nitrogens is 1. The zero-order valence-electron chi connectivity index (χ0n) is 22.9. The molecule has 1 unspecified atom stereocenters. The quantitative estimate of drug-likeness (QED) is 0.359. The number of rotatable bonds is 9. The second kappa shape index (κ2) is 12.3. The van der Waals surface area contributed by atoms with Gasteiger partial charge >= 0.3 is 12.3 Å². The van der Waals surface area contributed by atoms with Gasteiger partial charge in [0.15, 0.2) is 5.13 Å². The first-order valence-corrected chi connectivity index (χ1v) is 15.1. The van der Waals surface area contributed by atoms with Crippen LogP contribution in [0, 0.1) is 6.92 Å². The summed E-state index contributed by atoms with van der Waals surface area (Å²) in [7, 11) is -4.34. The number of hydrogen-bond donors (Lipinski definition) is 2. The number of amides is 1. The Morgan fingerprint density at radius 1 is 1.12 bits per heavy atom. The van der Waals surface area contributed by atoms with Crippen molar-refractivity contribution in [3.8, 4) is 5.75 Å². The van der Waals surface area contributed by atoms with Gasteiger partial charge in [0.1, 0.15) is 16.7 Å². The van der Waals surface area contributed by atoms with Crippen LogP contribution in [0.4, 0.5) is 18.3 Å². The molecular weight excluding hydrogens is 597 g/mol. The molecule has 1 aliphatic rings. The molecule has 4 rings (SSSR count). The number of hydrogen-bond acceptors (Lipinski definition) is 8. The number of anilines is 1. The van der Waals surface area contributed by atoms with Crippen molar-refractivity contribution < 1.29 is 41.0 Å². The number of aromatic carboxylic acids is 1. The maximum Gasteiger partial charge on any atom is 0.573 e. The number of sulfonamides is 1. The highest BCUT2D eigenvalue weighted by Crippen LogP contribution is 2.31. The summed E-state index contributed by atoms with van der Waals surface area (Å²) in [6.07, 6.45) is -4.94. The normalized spacial score (nSPS) is 16.5. The first-order chi connectivity index (χ1) is 19.7. The highest BCUT2D eigenvalue weighted by molar-refractivity contribution is 7.89. The molecule has 3 aromatic rings. The monoisotopic (exact) mass is 626 g/mol. The third-order valence-corrected chi connectivity index (χ3v) is 9.79. The fraction of sp³-hybridized carbons (Fsp3) is 0.370. The second-order valence-electron chi connectivity index (χ2n) is 9.93. The standard InChI is InChI=1S/C27H29F3N4O6S2/c1-16(2)19-6-4-18(5-7-19)14-31-24(35)22-15-33(26-32-17(3)23(41-26)25(36)37)12-13-34(22)42(38,39)21-10-8-20(9-11-21)40-27(28,29)30/h4-11,16,22H,12-15H2,1-3H3,(H,31,35)(H,36,37). The lowest BCUT2D eigenvalue weighted by molar-refractivity contribution is -0.274. The predicted molar refractivity (Wildman–Crippen MR) is 149 cm³/mol. The Labute approximate surface area is 244 Å². The molecule has 0 saturated carbocycles. The van der Waals surface area contributed by atoms with Gasteiger partial charge in [-0.05, 0) is 48.2 Å². The van der Waals surface area contributed by atoms with E-state index in [1.54, 1.807) is 11.8 Å². The largest absolute Gasteiger partial charge is 0.573 e. The van der Waals surface area contributed by atoms with Gasteiger partial charge in [-0.2, -0.15) is 4.31 Å². The Bertz CT molecular complexity index is 1540. The van der Waals surface area contributed by atoms with Gasteiger partial charge in [0.25, 0.3) is 0 Å². The molecule has 1 amide bonds. The summed E-state index contributed by atoms with van der Waals surface area (Å²) in [6, 6.07) is 10.1. The van der Waals surface area contributed by atoms with Gasteiger partial charge in [0, 0.05) is 26.2 Å². The van der Waals surface area contributed by atoms with Crippen molar-refractivity contribution in [2.75, 3.05) is 24.5 Å². The van der Waals surface area contributed by atoms with Crippen LogP contribution in [0.2, 0.25) is 0 Å². The van der Waals surface area contributed by atoms with Crippen LogP contribution in [0.15, 0.2) is 53.4 Å². The summed E-state index contributed by atoms with van der Waals surface area (Å²) < 4.78 is 69.8. The summed E-state index contributed by atoms with van der Waals surface area (Å²) in [6.45, 7) is 5.60. The summed E-state index contributed by atoms with van der Waals surface area (Å²) in [5.41, 5.74) is 2.22. The van der Waals surface area contributed by atoms with E-state index in [9.17, 15) is 36.3 Å². The molecule has 1 aliphatic heterocycles. The molecule has 10 nitrogen and oxygen atoms in total. The van der Waals surface area contributed by atoms with E-state index in [0.29, 0.717) is 16.7 Å². The zero-order chi connectivity index (χ0) is 30.8. The van der Waals surface area contributed by atoms with Crippen molar-refractivity contribution in [1.82, 2.24) is 14.6 Å². The Kier molecular flexibility index (Phi) is 9.13. The minimum absolute atomic E-state index is 0.0343. The number of alkyl halides is 3. The van der Waals surface area contributed by atoms with E-state index in [1.807, 2.05) is 24.3 Å². The number of halogens is 3. The first kappa shape index (κ1) is 31.3. The highest BCUT2D eigenvalue weighted by atomic mass is 32.2. The first-order valence-electron chi connectivity index (χ1n) is 12.9. The fourth-order valence-corrected chi connectivity index (χ4v) is 6.94. The molecule has 2 N–H and O–H groups in total. The van der Waals surface area contributed by atoms with E-state index in [0.717, 1.165) is 51.0 Å². The van der Waals surface area contributed by atoms with E-state index in [2.05, 4.69) is 28.9 Å². The lowest BCUT2D eigenvalue weighted by Gasteiger charge is -2.39. The van der Waals surface area contributed by atoms with Gasteiger partial charge in [-0.25, -0.2) is 18.2 Å². The molecule has 1 atom stereocenters. The molecule has 1 aromatic heterocycles. The number of thiazole rings is 1. The van der Waals surface area contributed by atoms with Crippen LogP contribution in [-0.2, 0) is 21.4 Å². The van der Waals surface area contributed by atoms with E-state index in [-0.39, 0.29) is 36.0 Å². The molecule has 0 bridgehead atoms. The molecule has 0 aliphatic carbocycles. The lowest BCUT2D eigenvalue weighted by atomic mass is 10.0. The smallest absolute Gasteiger partial charge is 0.477 e. The van der Waals surface area contributed by atoms with Crippen LogP contribution in [0.1, 0.15) is 46.3 Å². The number of carboxylic acid groups (broad SMARTS) is 1. The maximum atomic E-state index is 13.6. The fourth-order valence-electron chi connectivity index (χ4n) is 4.43. The van der Waals surface area contributed by atoms with Crippen LogP contribution in [0.3, 0.4) is 0 Å². The number of carboxylic acids is 1. The molecule has 1 fully saturated rings. The number of piperazine rings is 1. The van der Waals surface area contributed by atoms with Crippen molar-refractivity contribution in [3.63, 3.8) is 0 Å². The van der Waals surface area contributed by atoms with E-state index in [4.69, 9.17) is 0 Å². The van der Waals surface area contributed by atoms with Crippen molar-refractivity contribution in [1.29, 1.82) is 0 Å². The molecule has 0 spiro atoms. The van der Waals surface area contributed by atoms with Gasteiger partial charge in [-0.1, -0.05) is 49.4 Å². The molecule has 15 heteroatoms. The van der Waals surface area contributed by atoms with E-state index in [1.165, 1.54) is 0 Å². The van der Waals surface area contributed by atoms with Gasteiger partial charge in [-0.15, -0.1) is 13.2 Å². The molecular formula is C27H29F3N4O6S2. The van der Waals surface area contributed by atoms with Crippen molar-refractivity contribution >= 4 is 38.4 Å². The molecule has 0 radical (unpaired) electrons. The SMILES string of the molecule is Cc1nc(N2CCN(S(=O)(=O)c3ccc(OC(F)(F)F)cc3)C(C(=O)NCc3ccc(C(C)C)cc3)C2)sc1C(=O)O. The van der Waals surface area contributed by atoms with E-state index < -0.39 is 40.1 Å². The molecule has 1 saturated heterocycles. The van der Waals surface area contributed by atoms with Gasteiger partial charge in [-0.3, -0.25) is 4.79 Å². The van der Waals surface area contributed by atoms with Crippen LogP contribution in [0.25, 0.3) is 0 Å². The number of benzene rings is 2. The van der Waals surface area contributed by atoms with Crippen LogP contribution in [-0.4, -0.2) is 66.7 Å². The van der Waals surface area contributed by atoms with Crippen molar-refractivity contribution in [3.05, 3.63) is 70.2 Å². The van der Waals surface area contributed by atoms with Crippen LogP contribution in [0.5, 0.6) is 5.75 Å². The number of ether oxygens (including phenoxy) is 1. The number of carbonyl (C=O) groups excluding carboxylic acids is 1. The predicted octanol–water partition coefficient (Wildman–Crippen LogP) is 4.37. The maximum absolute atomic E-state index is 13.6. The number of carbonyl (C=O) groups is 2. The number of nitrogens with one attached hydrogen (secondary N) is 1. The average Bonchev–Trinajstić information content (AvgIpc) is 3.33. The topological polar surface area (TPSA) is 129 Å². The number of nitrogens with zero attached hydrogens (tertiary/aromatic N) is 3. The molecule has 2 heterocycles. The molecule has 226 valence electrons. The Hall–Kier alpha value is -3.69. The molecule has 42 heavy (non-hydrogen) atoms. The van der Waals surface area contributed by atoms with Gasteiger partial charge in [0.05, 0.1) is 10.6 Å². The minimum Gasteiger partial charge on any atom is -0.477 e. The Morgan fingerprint density at radius 3 is 2.31 bits per heavy atom. The summed E-state index contributed by atoms with van der Waals surface area (Å²) in [5.74, 6) is -2.00. The zero-order valence-corrected chi connectivity index (χ0v) is 24.5. The van der Waals surface area contributed by atoms with E-state index >= 15 is 0 Å².